The van der Waals surface area contributed by atoms with Crippen molar-refractivity contribution >= 4 is 44.7 Å². The summed E-state index contributed by atoms with van der Waals surface area (Å²) in [4.78, 5) is 32.8. The molecule has 1 N–H and O–H groups in total. The Hall–Kier alpha value is -2.25. The van der Waals surface area contributed by atoms with Crippen LogP contribution in [0.2, 0.25) is 0 Å². The van der Waals surface area contributed by atoms with E-state index in [0.29, 0.717) is 10.8 Å². The minimum Gasteiger partial charge on any atom is -0.473 e. The van der Waals surface area contributed by atoms with Gasteiger partial charge in [0.15, 0.2) is 5.78 Å². The van der Waals surface area contributed by atoms with Crippen LogP contribution in [-0.4, -0.2) is 22.9 Å². The quantitative estimate of drug-likeness (QED) is 0.588. The van der Waals surface area contributed by atoms with E-state index in [4.69, 9.17) is 4.74 Å². The number of H-pyrrole nitrogens is 1. The number of carbonyl (C=O) groups is 1. The van der Waals surface area contributed by atoms with Crippen LogP contribution in [-0.2, 0) is 0 Å². The van der Waals surface area contributed by atoms with Gasteiger partial charge in [-0.1, -0.05) is 11.3 Å². The Kier molecular flexibility index (Phi) is 3.91. The zero-order chi connectivity index (χ0) is 15.7. The van der Waals surface area contributed by atoms with Crippen LogP contribution < -0.4 is 10.3 Å². The van der Waals surface area contributed by atoms with E-state index in [-0.39, 0.29) is 16.9 Å². The highest BCUT2D eigenvalue weighted by Crippen LogP contribution is 2.23. The monoisotopic (exact) mass is 332 g/mol. The number of ether oxygens (including phenoxy) is 1. The molecule has 3 aromatic heterocycles. The highest BCUT2D eigenvalue weighted by atomic mass is 32.1. The van der Waals surface area contributed by atoms with Crippen LogP contribution >= 0.6 is 22.7 Å². The van der Waals surface area contributed by atoms with Gasteiger partial charge in [0.2, 0.25) is 0 Å². The van der Waals surface area contributed by atoms with Crippen LogP contribution in [0.15, 0.2) is 28.5 Å². The number of aryl methyl sites for hydroxylation is 1. The highest BCUT2D eigenvalue weighted by molar-refractivity contribution is 7.16. The molecule has 0 unspecified atom stereocenters. The standard InChI is InChI=1S/C15H12N2O3S2/c1-8-10-5-6-21-14(10)17-13(19)12(8)11(18)4-3-9-7-16-15(20-2)22-9/h3-7H,1-2H3,(H,17,19)/b4-3+. The summed E-state index contributed by atoms with van der Waals surface area (Å²) in [5.74, 6) is -0.320. The molecule has 7 heteroatoms. The summed E-state index contributed by atoms with van der Waals surface area (Å²) in [6.45, 7) is 1.79. The third kappa shape index (κ3) is 2.60. The average Bonchev–Trinajstić information content (AvgIpc) is 3.13. The minimum atomic E-state index is -0.357. The first-order valence-corrected chi connectivity index (χ1v) is 8.12. The predicted molar refractivity (Wildman–Crippen MR) is 89.2 cm³/mol. The molecule has 0 aliphatic heterocycles. The van der Waals surface area contributed by atoms with Crippen molar-refractivity contribution in [3.8, 4) is 5.19 Å². The molecule has 0 aliphatic rings. The van der Waals surface area contributed by atoms with E-state index in [0.717, 1.165) is 15.1 Å². The summed E-state index contributed by atoms with van der Waals surface area (Å²) >= 11 is 2.77. The first kappa shape index (κ1) is 14.7. The van der Waals surface area contributed by atoms with Gasteiger partial charge in [0.25, 0.3) is 10.8 Å². The molecule has 0 bridgehead atoms. The first-order chi connectivity index (χ1) is 10.6. The molecule has 112 valence electrons. The molecule has 0 aromatic carbocycles. The zero-order valence-electron chi connectivity index (χ0n) is 11.9. The second-order valence-electron chi connectivity index (χ2n) is 4.55. The summed E-state index contributed by atoms with van der Waals surface area (Å²) in [6, 6.07) is 1.90. The van der Waals surface area contributed by atoms with Gasteiger partial charge < -0.3 is 9.72 Å². The van der Waals surface area contributed by atoms with Crippen LogP contribution in [0.5, 0.6) is 5.19 Å². The third-order valence-electron chi connectivity index (χ3n) is 3.22. The molecule has 0 saturated carbocycles. The number of thiophene rings is 1. The Bertz CT molecular complexity index is 934. The van der Waals surface area contributed by atoms with Crippen LogP contribution in [0.4, 0.5) is 0 Å². The lowest BCUT2D eigenvalue weighted by molar-refractivity contribution is 0.104. The van der Waals surface area contributed by atoms with Crippen molar-refractivity contribution in [1.29, 1.82) is 0 Å². The van der Waals surface area contributed by atoms with E-state index in [9.17, 15) is 9.59 Å². The fourth-order valence-electron chi connectivity index (χ4n) is 2.15. The number of pyridine rings is 1. The molecule has 5 nitrogen and oxygen atoms in total. The molecule has 0 aliphatic carbocycles. The number of carbonyl (C=O) groups excluding carboxylic acids is 1. The number of allylic oxidation sites excluding steroid dienone is 1. The van der Waals surface area contributed by atoms with Crippen LogP contribution in [0.3, 0.4) is 0 Å². The average molecular weight is 332 g/mol. The number of fused-ring (bicyclic) bond motifs is 1. The number of hydrogen-bond donors (Lipinski definition) is 1. The molecule has 0 fully saturated rings. The van der Waals surface area contributed by atoms with Crippen molar-refractivity contribution in [1.82, 2.24) is 9.97 Å². The normalized spacial score (nSPS) is 11.4. The Labute approximate surface area is 133 Å². The molecular weight excluding hydrogens is 320 g/mol. The van der Waals surface area contributed by atoms with Gasteiger partial charge in [-0.15, -0.1) is 11.3 Å². The van der Waals surface area contributed by atoms with Gasteiger partial charge in [-0.25, -0.2) is 4.98 Å². The number of methoxy groups -OCH3 is 1. The fraction of sp³-hybridized carbons (Fsp3) is 0.133. The Balaban J connectivity index is 1.96. The molecule has 3 heterocycles. The maximum absolute atomic E-state index is 12.4. The summed E-state index contributed by atoms with van der Waals surface area (Å²) in [6.07, 6.45) is 4.65. The van der Waals surface area contributed by atoms with Gasteiger partial charge in [-0.3, -0.25) is 9.59 Å². The molecule has 22 heavy (non-hydrogen) atoms. The van der Waals surface area contributed by atoms with E-state index >= 15 is 0 Å². The van der Waals surface area contributed by atoms with Crippen molar-refractivity contribution in [2.75, 3.05) is 7.11 Å². The molecule has 0 spiro atoms. The number of nitrogens with zero attached hydrogens (tertiary/aromatic N) is 1. The largest absolute Gasteiger partial charge is 0.473 e. The number of aromatic amines is 1. The number of aromatic nitrogens is 2. The third-order valence-corrected chi connectivity index (χ3v) is 4.97. The van der Waals surface area contributed by atoms with Crippen molar-refractivity contribution < 1.29 is 9.53 Å². The van der Waals surface area contributed by atoms with Gasteiger partial charge in [0.05, 0.1) is 17.6 Å². The summed E-state index contributed by atoms with van der Waals surface area (Å²) < 4.78 is 5.00. The minimum absolute atomic E-state index is 0.179. The van der Waals surface area contributed by atoms with Gasteiger partial charge in [0, 0.05) is 11.6 Å². The second-order valence-corrected chi connectivity index (χ2v) is 6.49. The molecule has 0 radical (unpaired) electrons. The van der Waals surface area contributed by atoms with Crippen LogP contribution in [0.25, 0.3) is 16.3 Å². The van der Waals surface area contributed by atoms with Gasteiger partial charge in [-0.2, -0.15) is 0 Å². The van der Waals surface area contributed by atoms with Crippen molar-refractivity contribution in [3.05, 3.63) is 50.1 Å². The van der Waals surface area contributed by atoms with Crippen molar-refractivity contribution in [3.63, 3.8) is 0 Å². The topological polar surface area (TPSA) is 72.0 Å². The van der Waals surface area contributed by atoms with E-state index in [1.54, 1.807) is 19.2 Å². The lowest BCUT2D eigenvalue weighted by Gasteiger charge is -2.02. The summed E-state index contributed by atoms with van der Waals surface area (Å²) in [5, 5.41) is 3.32. The SMILES string of the molecule is COc1ncc(/C=C/C(=O)c2c(C)c3ccsc3[nH]c2=O)s1. The highest BCUT2D eigenvalue weighted by Gasteiger charge is 2.15. The summed E-state index contributed by atoms with van der Waals surface area (Å²) in [5.41, 5.74) is 0.527. The second kappa shape index (κ2) is 5.86. The van der Waals surface area contributed by atoms with Crippen molar-refractivity contribution in [2.45, 2.75) is 6.92 Å². The molecule has 3 aromatic rings. The molecule has 0 atom stereocenters. The van der Waals surface area contributed by atoms with Crippen molar-refractivity contribution in [2.24, 2.45) is 0 Å². The number of ketones is 1. The lowest BCUT2D eigenvalue weighted by Crippen LogP contribution is -2.18. The fourth-order valence-corrected chi connectivity index (χ4v) is 3.62. The zero-order valence-corrected chi connectivity index (χ0v) is 13.5. The number of hydrogen-bond acceptors (Lipinski definition) is 6. The first-order valence-electron chi connectivity index (χ1n) is 6.42. The smallest absolute Gasteiger partial charge is 0.273 e. The van der Waals surface area contributed by atoms with E-state index < -0.39 is 0 Å². The predicted octanol–water partition coefficient (Wildman–Crippen LogP) is 3.26. The number of rotatable bonds is 4. The number of nitrogens with one attached hydrogen (secondary N) is 1. The molecular formula is C15H12N2O3S2. The lowest BCUT2D eigenvalue weighted by atomic mass is 10.0. The van der Waals surface area contributed by atoms with Gasteiger partial charge in [-0.05, 0) is 36.1 Å². The maximum atomic E-state index is 12.4. The van der Waals surface area contributed by atoms with Crippen LogP contribution in [0.1, 0.15) is 20.8 Å². The Morgan fingerprint density at radius 3 is 3.00 bits per heavy atom. The maximum Gasteiger partial charge on any atom is 0.273 e. The van der Waals surface area contributed by atoms with E-state index in [2.05, 4.69) is 9.97 Å². The Morgan fingerprint density at radius 1 is 1.45 bits per heavy atom. The molecule has 0 saturated heterocycles. The van der Waals surface area contributed by atoms with Crippen LogP contribution in [0, 0.1) is 6.92 Å². The van der Waals surface area contributed by atoms with E-state index in [1.807, 2.05) is 11.4 Å². The van der Waals surface area contributed by atoms with Gasteiger partial charge in [0.1, 0.15) is 4.83 Å². The van der Waals surface area contributed by atoms with E-state index in [1.165, 1.54) is 35.9 Å². The number of thiazole rings is 1. The van der Waals surface area contributed by atoms with Gasteiger partial charge >= 0.3 is 0 Å². The summed E-state index contributed by atoms with van der Waals surface area (Å²) in [7, 11) is 1.54. The Morgan fingerprint density at radius 2 is 2.27 bits per heavy atom. The molecule has 0 amide bonds. The molecule has 3 rings (SSSR count).